The van der Waals surface area contributed by atoms with E-state index in [4.69, 9.17) is 29.0 Å². The number of fused-ring (bicyclic) bond motifs is 1. The number of hydrogen-bond acceptors (Lipinski definition) is 13. The summed E-state index contributed by atoms with van der Waals surface area (Å²) in [5.41, 5.74) is 4.19. The molecule has 5 N–H and O–H groups in total. The van der Waals surface area contributed by atoms with Crippen molar-refractivity contribution in [2.45, 2.75) is 134 Å². The van der Waals surface area contributed by atoms with Gasteiger partial charge in [0.25, 0.3) is 0 Å². The molecular formula is C38H54FN6O9P. The van der Waals surface area contributed by atoms with Crippen LogP contribution in [0.1, 0.15) is 114 Å². The third-order valence-corrected chi connectivity index (χ3v) is 10.5. The molecule has 0 radical (unpaired) electrons. The standard InChI is InChI=1S/C38H54FN6O9P/c1-2-3-4-5-6-7-8-9-10-11-12-13-14-15-20-50-24-30(51-23-28-16-17-31(39)29(21-28)22-40)25-52-55(48,49)54-37-34(46)35(47)38(26-41,53-37)33-19-18-32-36(42)43-27-44-45(32)33/h16-19,21,27,30,34-35,37,46-47H,2-15,20,23-25H2,1H3,(H,48,49)(H2,42,43,44)/t30-,34+,35-,37-,38+/m1/s1. The minimum absolute atomic E-state index is 0.0319. The molecule has 0 bridgehead atoms. The fourth-order valence-electron chi connectivity index (χ4n) is 6.45. The van der Waals surface area contributed by atoms with Crippen molar-refractivity contribution in [3.63, 3.8) is 0 Å². The number of anilines is 1. The van der Waals surface area contributed by atoms with E-state index < -0.39 is 50.4 Å². The average molecular weight is 789 g/mol. The van der Waals surface area contributed by atoms with E-state index in [0.717, 1.165) is 31.7 Å². The Kier molecular flexibility index (Phi) is 17.9. The number of halogens is 1. The van der Waals surface area contributed by atoms with Crippen molar-refractivity contribution < 1.29 is 47.3 Å². The molecule has 1 fully saturated rings. The van der Waals surface area contributed by atoms with Crippen molar-refractivity contribution >= 4 is 19.2 Å². The number of phosphoric acid groups is 1. The van der Waals surface area contributed by atoms with Gasteiger partial charge in [0.15, 0.2) is 12.1 Å². The van der Waals surface area contributed by atoms with Crippen LogP contribution in [0.25, 0.3) is 5.52 Å². The highest BCUT2D eigenvalue weighted by molar-refractivity contribution is 7.47. The quantitative estimate of drug-likeness (QED) is 0.0515. The molecule has 0 aliphatic carbocycles. The number of hydrogen-bond donors (Lipinski definition) is 4. The zero-order valence-electron chi connectivity index (χ0n) is 31.4. The topological polar surface area (TPSA) is 228 Å². The molecule has 2 aromatic heterocycles. The van der Waals surface area contributed by atoms with Crippen LogP contribution in [0.15, 0.2) is 36.7 Å². The maximum Gasteiger partial charge on any atom is 0.474 e. The summed E-state index contributed by atoms with van der Waals surface area (Å²) in [6, 6.07) is 10.4. The second-order valence-corrected chi connectivity index (χ2v) is 15.2. The first-order valence-corrected chi connectivity index (χ1v) is 20.6. The van der Waals surface area contributed by atoms with Crippen LogP contribution in [-0.2, 0) is 40.0 Å². The first-order valence-electron chi connectivity index (χ1n) is 19.1. The zero-order valence-corrected chi connectivity index (χ0v) is 32.3. The lowest BCUT2D eigenvalue weighted by atomic mass is 9.93. The second-order valence-electron chi connectivity index (χ2n) is 13.8. The number of nitrogen functional groups attached to an aromatic ring is 1. The average Bonchev–Trinajstić information content (AvgIpc) is 3.72. The van der Waals surface area contributed by atoms with Crippen LogP contribution in [0.4, 0.5) is 10.2 Å². The van der Waals surface area contributed by atoms with Crippen LogP contribution in [0.5, 0.6) is 0 Å². The predicted molar refractivity (Wildman–Crippen MR) is 199 cm³/mol. The molecule has 1 aliphatic rings. The molecule has 6 atom stereocenters. The van der Waals surface area contributed by atoms with Gasteiger partial charge >= 0.3 is 7.82 Å². The van der Waals surface area contributed by atoms with Gasteiger partial charge in [-0.1, -0.05) is 96.5 Å². The molecule has 1 aliphatic heterocycles. The molecule has 0 amide bonds. The summed E-state index contributed by atoms with van der Waals surface area (Å²) < 4.78 is 55.9. The summed E-state index contributed by atoms with van der Waals surface area (Å²) in [7, 11) is -5.04. The fraction of sp³-hybridized carbons (Fsp3) is 0.632. The highest BCUT2D eigenvalue weighted by atomic mass is 31.2. The van der Waals surface area contributed by atoms with E-state index >= 15 is 0 Å². The molecule has 1 aromatic carbocycles. The lowest BCUT2D eigenvalue weighted by Crippen LogP contribution is -2.40. The van der Waals surface area contributed by atoms with Gasteiger partial charge in [0, 0.05) is 6.61 Å². The van der Waals surface area contributed by atoms with Gasteiger partial charge in [-0.25, -0.2) is 18.5 Å². The monoisotopic (exact) mass is 788 g/mol. The number of rotatable bonds is 26. The Morgan fingerprint density at radius 1 is 1.00 bits per heavy atom. The van der Waals surface area contributed by atoms with Crippen molar-refractivity contribution in [1.29, 1.82) is 10.5 Å². The Labute approximate surface area is 321 Å². The van der Waals surface area contributed by atoms with Gasteiger partial charge in [0.1, 0.15) is 48.1 Å². The molecule has 0 saturated carbocycles. The van der Waals surface area contributed by atoms with Crippen LogP contribution in [0.3, 0.4) is 0 Å². The zero-order chi connectivity index (χ0) is 39.7. The molecule has 0 spiro atoms. The van der Waals surface area contributed by atoms with Crippen LogP contribution in [0.2, 0.25) is 0 Å². The van der Waals surface area contributed by atoms with Crippen molar-refractivity contribution in [3.05, 3.63) is 59.3 Å². The van der Waals surface area contributed by atoms with Crippen LogP contribution < -0.4 is 5.73 Å². The van der Waals surface area contributed by atoms with Crippen molar-refractivity contribution in [3.8, 4) is 12.1 Å². The lowest BCUT2D eigenvalue weighted by molar-refractivity contribution is -0.145. The summed E-state index contributed by atoms with van der Waals surface area (Å²) in [6.45, 7) is 2.01. The molecule has 1 unspecified atom stereocenters. The maximum atomic E-state index is 13.9. The van der Waals surface area contributed by atoms with Gasteiger partial charge < -0.3 is 35.1 Å². The maximum absolute atomic E-state index is 13.9. The number of nitrogens with two attached hydrogens (primary N) is 1. The number of unbranched alkanes of at least 4 members (excludes halogenated alkanes) is 13. The van der Waals surface area contributed by atoms with E-state index in [1.54, 1.807) is 6.07 Å². The number of benzene rings is 1. The number of nitriles is 2. The molecule has 3 heterocycles. The highest BCUT2D eigenvalue weighted by Gasteiger charge is 2.59. The summed E-state index contributed by atoms with van der Waals surface area (Å²) in [5, 5.41) is 45.1. The molecule has 302 valence electrons. The second kappa shape index (κ2) is 22.3. The minimum Gasteiger partial charge on any atom is -0.386 e. The van der Waals surface area contributed by atoms with Crippen LogP contribution in [-0.4, -0.2) is 74.1 Å². The number of aliphatic hydroxyl groups is 2. The Morgan fingerprint density at radius 2 is 1.65 bits per heavy atom. The van der Waals surface area contributed by atoms with Gasteiger partial charge in [-0.2, -0.15) is 15.6 Å². The molecule has 15 nitrogen and oxygen atoms in total. The van der Waals surface area contributed by atoms with Gasteiger partial charge in [-0.15, -0.1) is 0 Å². The summed E-state index contributed by atoms with van der Waals surface area (Å²) in [4.78, 5) is 14.5. The Bertz CT molecular complexity index is 1770. The molecule has 55 heavy (non-hydrogen) atoms. The first kappa shape index (κ1) is 44.2. The summed E-state index contributed by atoms with van der Waals surface area (Å²) in [5.74, 6) is -0.598. The van der Waals surface area contributed by atoms with Gasteiger partial charge in [-0.05, 0) is 36.2 Å². The Hall–Kier alpha value is -3.54. The number of ether oxygens (including phenoxy) is 3. The van der Waals surface area contributed by atoms with Gasteiger partial charge in [0.2, 0.25) is 5.60 Å². The molecular weight excluding hydrogens is 734 g/mol. The summed E-state index contributed by atoms with van der Waals surface area (Å²) in [6.07, 6.45) is 11.5. The highest BCUT2D eigenvalue weighted by Crippen LogP contribution is 2.50. The largest absolute Gasteiger partial charge is 0.474 e. The van der Waals surface area contributed by atoms with Crippen molar-refractivity contribution in [1.82, 2.24) is 14.6 Å². The van der Waals surface area contributed by atoms with E-state index in [-0.39, 0.29) is 30.3 Å². The summed E-state index contributed by atoms with van der Waals surface area (Å²) >= 11 is 0. The SMILES string of the molecule is CCCCCCCCCCCCCCCCOC[C@H](COP(=O)(O)O[C@H]1O[C@@](C#N)(c2ccc3c(N)ncnn23)[C@H](O)[C@@H]1O)OCc1ccc(F)c(C#N)c1. The Balaban J connectivity index is 1.26. The van der Waals surface area contributed by atoms with E-state index in [9.17, 15) is 34.6 Å². The molecule has 17 heteroatoms. The van der Waals surface area contributed by atoms with E-state index in [1.165, 1.54) is 99.4 Å². The van der Waals surface area contributed by atoms with E-state index in [0.29, 0.717) is 17.7 Å². The predicted octanol–water partition coefficient (Wildman–Crippen LogP) is 6.34. The number of aliphatic hydroxyl groups excluding tert-OH is 2. The molecule has 1 saturated heterocycles. The van der Waals surface area contributed by atoms with Gasteiger partial charge in [-0.3, -0.25) is 9.05 Å². The normalized spacial score (nSPS) is 21.3. The van der Waals surface area contributed by atoms with E-state index in [1.807, 2.05) is 6.07 Å². The van der Waals surface area contributed by atoms with E-state index in [2.05, 4.69) is 17.0 Å². The van der Waals surface area contributed by atoms with Crippen LogP contribution in [0, 0.1) is 28.5 Å². The fourth-order valence-corrected chi connectivity index (χ4v) is 7.30. The van der Waals surface area contributed by atoms with Crippen LogP contribution >= 0.6 is 7.82 Å². The number of phosphoric ester groups is 1. The third kappa shape index (κ3) is 12.7. The first-order chi connectivity index (χ1) is 26.5. The van der Waals surface area contributed by atoms with Gasteiger partial charge in [0.05, 0.1) is 31.1 Å². The number of aromatic nitrogens is 3. The molecule has 4 rings (SSSR count). The lowest BCUT2D eigenvalue weighted by Gasteiger charge is -2.24. The Morgan fingerprint density at radius 3 is 2.29 bits per heavy atom. The third-order valence-electron chi connectivity index (χ3n) is 9.59. The van der Waals surface area contributed by atoms with Crippen molar-refractivity contribution in [2.75, 3.05) is 25.6 Å². The smallest absolute Gasteiger partial charge is 0.386 e. The minimum atomic E-state index is -5.04. The van der Waals surface area contributed by atoms with Crippen molar-refractivity contribution in [2.24, 2.45) is 0 Å². The number of nitrogens with zero attached hydrogens (tertiary/aromatic N) is 5. The molecule has 3 aromatic rings.